The lowest BCUT2D eigenvalue weighted by Gasteiger charge is -2.08. The Balaban J connectivity index is 2.71. The van der Waals surface area contributed by atoms with Crippen molar-refractivity contribution in [2.24, 2.45) is 0 Å². The summed E-state index contributed by atoms with van der Waals surface area (Å²) in [7, 11) is 0. The Morgan fingerprint density at radius 3 is 2.69 bits per heavy atom. The Morgan fingerprint density at radius 2 is 2.12 bits per heavy atom. The molecule has 0 aliphatic carbocycles. The van der Waals surface area contributed by atoms with Gasteiger partial charge in [-0.25, -0.2) is 9.18 Å². The van der Waals surface area contributed by atoms with Gasteiger partial charge in [0.2, 0.25) is 0 Å². The van der Waals surface area contributed by atoms with Gasteiger partial charge in [-0.3, -0.25) is 5.32 Å². The molecular formula is C11H14FNO3. The number of nitrogens with one attached hydrogen (secondary N) is 1. The number of halogens is 1. The van der Waals surface area contributed by atoms with E-state index in [2.05, 4.69) is 10.1 Å². The van der Waals surface area contributed by atoms with E-state index >= 15 is 0 Å². The van der Waals surface area contributed by atoms with Crippen molar-refractivity contribution < 1.29 is 18.7 Å². The quantitative estimate of drug-likeness (QED) is 0.860. The van der Waals surface area contributed by atoms with Crippen LogP contribution < -0.4 is 10.1 Å². The van der Waals surface area contributed by atoms with Gasteiger partial charge in [0.15, 0.2) is 5.82 Å². The van der Waals surface area contributed by atoms with Crippen LogP contribution in [0.1, 0.15) is 13.8 Å². The maximum absolute atomic E-state index is 13.4. The van der Waals surface area contributed by atoms with Gasteiger partial charge in [0.25, 0.3) is 0 Å². The number of anilines is 1. The summed E-state index contributed by atoms with van der Waals surface area (Å²) >= 11 is 0. The van der Waals surface area contributed by atoms with Gasteiger partial charge < -0.3 is 9.47 Å². The molecule has 0 aliphatic rings. The molecule has 16 heavy (non-hydrogen) atoms. The monoisotopic (exact) mass is 227 g/mol. The second kappa shape index (κ2) is 5.95. The zero-order valence-electron chi connectivity index (χ0n) is 9.25. The molecule has 1 amide bonds. The first-order valence-corrected chi connectivity index (χ1v) is 5.03. The van der Waals surface area contributed by atoms with Crippen molar-refractivity contribution in [3.63, 3.8) is 0 Å². The van der Waals surface area contributed by atoms with Crippen molar-refractivity contribution in [3.05, 3.63) is 24.0 Å². The zero-order valence-corrected chi connectivity index (χ0v) is 9.25. The molecule has 0 saturated heterocycles. The Morgan fingerprint density at radius 1 is 1.38 bits per heavy atom. The van der Waals surface area contributed by atoms with Crippen LogP contribution in [0, 0.1) is 5.82 Å². The first-order valence-electron chi connectivity index (χ1n) is 5.03. The number of benzene rings is 1. The Labute approximate surface area is 93.4 Å². The first-order chi connectivity index (χ1) is 7.67. The molecule has 1 rings (SSSR count). The molecule has 1 aromatic carbocycles. The topological polar surface area (TPSA) is 47.6 Å². The fraction of sp³-hybridized carbons (Fsp3) is 0.364. The van der Waals surface area contributed by atoms with Gasteiger partial charge in [-0.2, -0.15) is 0 Å². The minimum Gasteiger partial charge on any atom is -0.494 e. The molecule has 5 heteroatoms. The molecular weight excluding hydrogens is 213 g/mol. The van der Waals surface area contributed by atoms with E-state index in [0.717, 1.165) is 0 Å². The van der Waals surface area contributed by atoms with Crippen LogP contribution in [-0.4, -0.2) is 19.3 Å². The molecule has 0 fully saturated rings. The van der Waals surface area contributed by atoms with E-state index < -0.39 is 11.9 Å². The average molecular weight is 227 g/mol. The number of hydrogen-bond donors (Lipinski definition) is 1. The molecule has 0 heterocycles. The van der Waals surface area contributed by atoms with Crippen molar-refractivity contribution >= 4 is 11.8 Å². The van der Waals surface area contributed by atoms with Gasteiger partial charge in [-0.1, -0.05) is 0 Å². The van der Waals surface area contributed by atoms with E-state index in [1.54, 1.807) is 13.0 Å². The molecule has 0 unspecified atom stereocenters. The van der Waals surface area contributed by atoms with Crippen molar-refractivity contribution in [3.8, 4) is 5.75 Å². The molecule has 0 atom stereocenters. The van der Waals surface area contributed by atoms with Gasteiger partial charge in [-0.05, 0) is 26.0 Å². The fourth-order valence-electron chi connectivity index (χ4n) is 1.13. The van der Waals surface area contributed by atoms with Crippen molar-refractivity contribution in [2.45, 2.75) is 13.8 Å². The molecule has 0 bridgehead atoms. The van der Waals surface area contributed by atoms with Gasteiger partial charge in [-0.15, -0.1) is 0 Å². The summed E-state index contributed by atoms with van der Waals surface area (Å²) in [6.07, 6.45) is -0.675. The normalized spacial score (nSPS) is 9.69. The van der Waals surface area contributed by atoms with Crippen molar-refractivity contribution in [2.75, 3.05) is 18.5 Å². The molecule has 1 N–H and O–H groups in total. The standard InChI is InChI=1S/C11H14FNO3/c1-3-15-8-5-6-10(9(12)7-8)13-11(14)16-4-2/h5-7H,3-4H2,1-2H3,(H,13,14). The highest BCUT2D eigenvalue weighted by molar-refractivity contribution is 5.84. The van der Waals surface area contributed by atoms with E-state index in [0.29, 0.717) is 12.4 Å². The first kappa shape index (κ1) is 12.3. The summed E-state index contributed by atoms with van der Waals surface area (Å²) in [5, 5.41) is 2.29. The summed E-state index contributed by atoms with van der Waals surface area (Å²) in [6.45, 7) is 4.19. The lowest BCUT2D eigenvalue weighted by molar-refractivity contribution is 0.168. The van der Waals surface area contributed by atoms with Gasteiger partial charge in [0.1, 0.15) is 5.75 Å². The number of carbonyl (C=O) groups excluding carboxylic acids is 1. The number of ether oxygens (including phenoxy) is 2. The van der Waals surface area contributed by atoms with Gasteiger partial charge >= 0.3 is 6.09 Å². The molecule has 4 nitrogen and oxygen atoms in total. The summed E-state index contributed by atoms with van der Waals surface area (Å²) in [5.41, 5.74) is 0.0712. The third-order valence-electron chi connectivity index (χ3n) is 1.76. The molecule has 0 spiro atoms. The highest BCUT2D eigenvalue weighted by Gasteiger charge is 2.08. The third-order valence-corrected chi connectivity index (χ3v) is 1.76. The summed E-state index contributed by atoms with van der Waals surface area (Å²) in [4.78, 5) is 11.0. The molecule has 0 aliphatic heterocycles. The Kier molecular flexibility index (Phi) is 4.57. The summed E-state index contributed by atoms with van der Waals surface area (Å²) in [5.74, 6) is -0.131. The maximum atomic E-state index is 13.4. The van der Waals surface area contributed by atoms with Crippen LogP contribution in [0.5, 0.6) is 5.75 Å². The van der Waals surface area contributed by atoms with Crippen LogP contribution in [0.4, 0.5) is 14.9 Å². The SMILES string of the molecule is CCOC(=O)Nc1ccc(OCC)cc1F. The second-order valence-corrected chi connectivity index (χ2v) is 2.92. The predicted octanol–water partition coefficient (Wildman–Crippen LogP) is 2.79. The van der Waals surface area contributed by atoms with Gasteiger partial charge in [0.05, 0.1) is 18.9 Å². The molecule has 0 radical (unpaired) electrons. The van der Waals surface area contributed by atoms with E-state index in [-0.39, 0.29) is 12.3 Å². The lowest BCUT2D eigenvalue weighted by Crippen LogP contribution is -2.14. The Hall–Kier alpha value is -1.78. The molecule has 88 valence electrons. The maximum Gasteiger partial charge on any atom is 0.411 e. The highest BCUT2D eigenvalue weighted by atomic mass is 19.1. The molecule has 0 aromatic heterocycles. The number of amides is 1. The summed E-state index contributed by atoms with van der Waals surface area (Å²) < 4.78 is 23.2. The smallest absolute Gasteiger partial charge is 0.411 e. The van der Waals surface area contributed by atoms with Crippen LogP contribution in [-0.2, 0) is 4.74 Å². The van der Waals surface area contributed by atoms with Gasteiger partial charge in [0, 0.05) is 6.07 Å². The minimum atomic E-state index is -0.675. The highest BCUT2D eigenvalue weighted by Crippen LogP contribution is 2.20. The van der Waals surface area contributed by atoms with Crippen LogP contribution in [0.15, 0.2) is 18.2 Å². The van der Waals surface area contributed by atoms with Crippen molar-refractivity contribution in [1.29, 1.82) is 0 Å². The van der Waals surface area contributed by atoms with Crippen LogP contribution in [0.3, 0.4) is 0 Å². The summed E-state index contributed by atoms with van der Waals surface area (Å²) in [6, 6.07) is 4.22. The third kappa shape index (κ3) is 3.42. The van der Waals surface area contributed by atoms with E-state index in [1.165, 1.54) is 12.1 Å². The van der Waals surface area contributed by atoms with E-state index in [9.17, 15) is 9.18 Å². The van der Waals surface area contributed by atoms with Crippen molar-refractivity contribution in [1.82, 2.24) is 0 Å². The number of carbonyl (C=O) groups is 1. The van der Waals surface area contributed by atoms with E-state index in [4.69, 9.17) is 4.74 Å². The minimum absolute atomic E-state index is 0.0712. The molecule has 1 aromatic rings. The van der Waals surface area contributed by atoms with E-state index in [1.807, 2.05) is 6.92 Å². The zero-order chi connectivity index (χ0) is 12.0. The van der Waals surface area contributed by atoms with Crippen LogP contribution in [0.25, 0.3) is 0 Å². The number of rotatable bonds is 4. The lowest BCUT2D eigenvalue weighted by atomic mass is 10.3. The molecule has 0 saturated carbocycles. The Bertz CT molecular complexity index is 368. The van der Waals surface area contributed by atoms with Crippen LogP contribution in [0.2, 0.25) is 0 Å². The average Bonchev–Trinajstić information content (AvgIpc) is 2.23. The largest absolute Gasteiger partial charge is 0.494 e. The second-order valence-electron chi connectivity index (χ2n) is 2.92. The fourth-order valence-corrected chi connectivity index (χ4v) is 1.13. The van der Waals surface area contributed by atoms with Crippen LogP contribution >= 0.6 is 0 Å². The number of hydrogen-bond acceptors (Lipinski definition) is 3. The predicted molar refractivity (Wildman–Crippen MR) is 58.2 cm³/mol.